The van der Waals surface area contributed by atoms with Crippen molar-refractivity contribution in [3.8, 4) is 0 Å². The molecule has 0 saturated heterocycles. The van der Waals surface area contributed by atoms with Gasteiger partial charge in [-0.2, -0.15) is 0 Å². The van der Waals surface area contributed by atoms with Gasteiger partial charge in [0.05, 0.1) is 12.3 Å². The highest BCUT2D eigenvalue weighted by atomic mass is 16.5. The Morgan fingerprint density at radius 2 is 2.36 bits per heavy atom. The van der Waals surface area contributed by atoms with Crippen LogP contribution in [0.5, 0.6) is 0 Å². The Morgan fingerprint density at radius 3 is 3.36 bits per heavy atom. The number of ether oxygens (including phenoxy) is 1. The largest absolute Gasteiger partial charge is 0.362 e. The van der Waals surface area contributed by atoms with Gasteiger partial charge in [-0.3, -0.25) is 0 Å². The predicted octanol–water partition coefficient (Wildman–Crippen LogP) is 1.53. The number of rotatable bonds is 0. The molecule has 2 aromatic rings. The first-order valence-corrected chi connectivity index (χ1v) is 4.49. The summed E-state index contributed by atoms with van der Waals surface area (Å²) in [5, 5.41) is 4.27. The summed E-state index contributed by atoms with van der Waals surface area (Å²) < 4.78 is 5.27. The minimum atomic E-state index is 0.557. The van der Waals surface area contributed by atoms with E-state index >= 15 is 0 Å². The van der Waals surface area contributed by atoms with E-state index in [1.807, 2.05) is 18.3 Å². The van der Waals surface area contributed by atoms with Crippen LogP contribution >= 0.6 is 0 Å². The first kappa shape index (κ1) is 7.70. The lowest BCUT2D eigenvalue weighted by Gasteiger charge is -2.19. The van der Waals surface area contributed by atoms with Crippen molar-refractivity contribution >= 4 is 16.7 Å². The van der Waals surface area contributed by atoms with Crippen LogP contribution < -0.4 is 5.32 Å². The molecule has 2 aromatic heterocycles. The molecule has 0 unspecified atom stereocenters. The molecule has 0 bridgehead atoms. The number of aromatic nitrogens is 2. The number of nitrogens with zero attached hydrogens (tertiary/aromatic N) is 2. The lowest BCUT2D eigenvalue weighted by atomic mass is 10.1. The zero-order valence-corrected chi connectivity index (χ0v) is 7.53. The molecule has 1 aliphatic heterocycles. The van der Waals surface area contributed by atoms with Crippen LogP contribution in [-0.4, -0.2) is 16.7 Å². The molecule has 3 rings (SSSR count). The van der Waals surface area contributed by atoms with E-state index in [4.69, 9.17) is 4.74 Å². The van der Waals surface area contributed by atoms with Gasteiger partial charge in [-0.15, -0.1) is 0 Å². The van der Waals surface area contributed by atoms with Gasteiger partial charge in [0, 0.05) is 23.3 Å². The lowest BCUT2D eigenvalue weighted by Crippen LogP contribution is -2.15. The molecule has 1 aliphatic rings. The topological polar surface area (TPSA) is 47.0 Å². The van der Waals surface area contributed by atoms with E-state index in [1.165, 1.54) is 0 Å². The molecule has 0 spiro atoms. The number of hydrogen-bond acceptors (Lipinski definition) is 4. The molecule has 3 heterocycles. The van der Waals surface area contributed by atoms with Gasteiger partial charge in [0.25, 0.3) is 0 Å². The summed E-state index contributed by atoms with van der Waals surface area (Å²) in [6.07, 6.45) is 3.57. The second-order valence-corrected chi connectivity index (χ2v) is 3.20. The fraction of sp³-hybridized carbons (Fsp3) is 0.200. The summed E-state index contributed by atoms with van der Waals surface area (Å²) in [6, 6.07) is 3.94. The van der Waals surface area contributed by atoms with Crippen LogP contribution in [0, 0.1) is 0 Å². The second kappa shape index (κ2) is 2.92. The van der Waals surface area contributed by atoms with Crippen molar-refractivity contribution in [2.75, 3.05) is 12.0 Å². The second-order valence-electron chi connectivity index (χ2n) is 3.20. The van der Waals surface area contributed by atoms with E-state index in [-0.39, 0.29) is 0 Å². The van der Waals surface area contributed by atoms with Crippen LogP contribution in [0.2, 0.25) is 0 Å². The SMILES string of the molecule is c1cnc2ncc3c(c2c1)NCOC3. The lowest BCUT2D eigenvalue weighted by molar-refractivity contribution is 0.130. The Hall–Kier alpha value is -1.68. The molecular weight excluding hydrogens is 178 g/mol. The van der Waals surface area contributed by atoms with Crippen molar-refractivity contribution in [3.05, 3.63) is 30.1 Å². The molecule has 4 heteroatoms. The van der Waals surface area contributed by atoms with Crippen molar-refractivity contribution in [1.29, 1.82) is 0 Å². The van der Waals surface area contributed by atoms with Crippen molar-refractivity contribution in [1.82, 2.24) is 9.97 Å². The Morgan fingerprint density at radius 1 is 1.36 bits per heavy atom. The highest BCUT2D eigenvalue weighted by Crippen LogP contribution is 2.27. The van der Waals surface area contributed by atoms with Crippen LogP contribution in [-0.2, 0) is 11.3 Å². The average Bonchev–Trinajstić information content (AvgIpc) is 2.29. The molecule has 0 fully saturated rings. The standard InChI is InChI=1S/C10H9N3O/c1-2-8-9-7(5-14-6-13-9)4-12-10(8)11-3-1/h1-4,13H,5-6H2. The highest BCUT2D eigenvalue weighted by molar-refractivity contribution is 5.90. The van der Waals surface area contributed by atoms with E-state index in [9.17, 15) is 0 Å². The van der Waals surface area contributed by atoms with Crippen LogP contribution in [0.4, 0.5) is 5.69 Å². The Bertz CT molecular complexity index is 484. The van der Waals surface area contributed by atoms with Crippen molar-refractivity contribution in [3.63, 3.8) is 0 Å². The maximum atomic E-state index is 5.27. The fourth-order valence-electron chi connectivity index (χ4n) is 1.67. The summed E-state index contributed by atoms with van der Waals surface area (Å²) in [5.74, 6) is 0. The van der Waals surface area contributed by atoms with Crippen molar-refractivity contribution in [2.45, 2.75) is 6.61 Å². The summed E-state index contributed by atoms with van der Waals surface area (Å²) in [5.41, 5.74) is 2.98. The van der Waals surface area contributed by atoms with Gasteiger partial charge in [0.2, 0.25) is 0 Å². The number of anilines is 1. The third-order valence-corrected chi connectivity index (χ3v) is 2.33. The van der Waals surface area contributed by atoms with Crippen LogP contribution in [0.25, 0.3) is 11.0 Å². The summed E-state index contributed by atoms with van der Waals surface area (Å²) in [7, 11) is 0. The van der Waals surface area contributed by atoms with Gasteiger partial charge in [-0.25, -0.2) is 9.97 Å². The number of fused-ring (bicyclic) bond motifs is 3. The summed E-state index contributed by atoms with van der Waals surface area (Å²) in [6.45, 7) is 1.18. The normalized spacial score (nSPS) is 14.9. The average molecular weight is 187 g/mol. The zero-order valence-electron chi connectivity index (χ0n) is 7.53. The third-order valence-electron chi connectivity index (χ3n) is 2.33. The van der Waals surface area contributed by atoms with E-state index in [0.717, 1.165) is 22.3 Å². The van der Waals surface area contributed by atoms with E-state index in [1.54, 1.807) is 6.20 Å². The first-order chi connectivity index (χ1) is 6.95. The summed E-state index contributed by atoms with van der Waals surface area (Å²) >= 11 is 0. The smallest absolute Gasteiger partial charge is 0.161 e. The molecule has 0 amide bonds. The molecule has 0 radical (unpaired) electrons. The van der Waals surface area contributed by atoms with Gasteiger partial charge in [0.15, 0.2) is 5.65 Å². The molecular formula is C10H9N3O. The van der Waals surface area contributed by atoms with Crippen molar-refractivity contribution < 1.29 is 4.74 Å². The molecule has 70 valence electrons. The predicted molar refractivity (Wildman–Crippen MR) is 52.8 cm³/mol. The minimum Gasteiger partial charge on any atom is -0.362 e. The molecule has 0 atom stereocenters. The van der Waals surface area contributed by atoms with Gasteiger partial charge < -0.3 is 10.1 Å². The van der Waals surface area contributed by atoms with Crippen LogP contribution in [0.3, 0.4) is 0 Å². The quantitative estimate of drug-likeness (QED) is 0.679. The minimum absolute atomic E-state index is 0.557. The fourth-order valence-corrected chi connectivity index (χ4v) is 1.67. The van der Waals surface area contributed by atoms with Gasteiger partial charge >= 0.3 is 0 Å². The number of nitrogens with one attached hydrogen (secondary N) is 1. The van der Waals surface area contributed by atoms with Gasteiger partial charge in [-0.05, 0) is 12.1 Å². The Labute approximate surface area is 80.9 Å². The van der Waals surface area contributed by atoms with Crippen LogP contribution in [0.15, 0.2) is 24.5 Å². The Balaban J connectivity index is 2.34. The molecule has 14 heavy (non-hydrogen) atoms. The molecule has 0 saturated carbocycles. The molecule has 4 nitrogen and oxygen atoms in total. The molecule has 1 N–H and O–H groups in total. The number of hydrogen-bond donors (Lipinski definition) is 1. The first-order valence-electron chi connectivity index (χ1n) is 4.49. The van der Waals surface area contributed by atoms with Gasteiger partial charge in [-0.1, -0.05) is 0 Å². The zero-order chi connectivity index (χ0) is 9.38. The maximum absolute atomic E-state index is 5.27. The summed E-state index contributed by atoms with van der Waals surface area (Å²) in [4.78, 5) is 8.46. The van der Waals surface area contributed by atoms with Crippen LogP contribution in [0.1, 0.15) is 5.56 Å². The Kier molecular flexibility index (Phi) is 1.61. The van der Waals surface area contributed by atoms with E-state index in [2.05, 4.69) is 15.3 Å². The monoisotopic (exact) mass is 187 g/mol. The van der Waals surface area contributed by atoms with E-state index < -0.39 is 0 Å². The third kappa shape index (κ3) is 1.04. The van der Waals surface area contributed by atoms with E-state index in [0.29, 0.717) is 13.3 Å². The highest BCUT2D eigenvalue weighted by Gasteiger charge is 2.12. The van der Waals surface area contributed by atoms with Gasteiger partial charge in [0.1, 0.15) is 6.73 Å². The molecule has 0 aromatic carbocycles. The van der Waals surface area contributed by atoms with Crippen molar-refractivity contribution in [2.24, 2.45) is 0 Å². The maximum Gasteiger partial charge on any atom is 0.161 e. The number of pyridine rings is 2. The molecule has 0 aliphatic carbocycles.